The van der Waals surface area contributed by atoms with Gasteiger partial charge in [0.25, 0.3) is 0 Å². The highest BCUT2D eigenvalue weighted by atomic mass is 14.8. The molecular weight excluding hydrogens is 290 g/mol. The molecule has 0 N–H and O–H groups in total. The van der Waals surface area contributed by atoms with Crippen LogP contribution >= 0.6 is 0 Å². The zero-order valence-electron chi connectivity index (χ0n) is 14.9. The van der Waals surface area contributed by atoms with Gasteiger partial charge in [0.2, 0.25) is 0 Å². The zero-order valence-corrected chi connectivity index (χ0v) is 14.9. The van der Waals surface area contributed by atoms with Crippen LogP contribution in [0.1, 0.15) is 41.7 Å². The molecule has 2 aromatic rings. The van der Waals surface area contributed by atoms with Crippen molar-refractivity contribution in [1.82, 2.24) is 0 Å². The van der Waals surface area contributed by atoms with Crippen LogP contribution in [-0.2, 0) is 0 Å². The van der Waals surface area contributed by atoms with Gasteiger partial charge in [-0.3, -0.25) is 4.99 Å². The summed E-state index contributed by atoms with van der Waals surface area (Å²) in [6.07, 6.45) is 0. The summed E-state index contributed by atoms with van der Waals surface area (Å²) in [5.41, 5.74) is 11.3. The van der Waals surface area contributed by atoms with Crippen molar-refractivity contribution in [3.05, 3.63) is 94.7 Å². The van der Waals surface area contributed by atoms with Crippen molar-refractivity contribution in [3.8, 4) is 0 Å². The lowest BCUT2D eigenvalue weighted by Gasteiger charge is -2.26. The number of fused-ring (bicyclic) bond motifs is 1. The third-order valence-corrected chi connectivity index (χ3v) is 4.49. The molecular formula is C23H23N. The molecule has 0 saturated carbocycles. The Morgan fingerprint density at radius 2 is 1.58 bits per heavy atom. The van der Waals surface area contributed by atoms with E-state index in [0.29, 0.717) is 0 Å². The SMILES string of the molecule is C=C(C)/N=C1\C(C)=C(c2ccc(C)cc2C)C(=C)c2ccccc21. The molecule has 1 aliphatic carbocycles. The number of hydrogen-bond donors (Lipinski definition) is 0. The highest BCUT2D eigenvalue weighted by molar-refractivity contribution is 6.28. The number of aryl methyl sites for hydroxylation is 2. The fourth-order valence-corrected chi connectivity index (χ4v) is 3.43. The van der Waals surface area contributed by atoms with Crippen molar-refractivity contribution in [2.75, 3.05) is 0 Å². The van der Waals surface area contributed by atoms with Crippen LogP contribution in [0.15, 0.2) is 71.9 Å². The van der Waals surface area contributed by atoms with Crippen molar-refractivity contribution in [2.24, 2.45) is 4.99 Å². The van der Waals surface area contributed by atoms with Gasteiger partial charge in [0.15, 0.2) is 0 Å². The molecule has 1 heteroatoms. The molecule has 1 nitrogen and oxygen atoms in total. The Labute approximate surface area is 144 Å². The molecule has 0 heterocycles. The van der Waals surface area contributed by atoms with E-state index in [1.54, 1.807) is 0 Å². The van der Waals surface area contributed by atoms with E-state index in [2.05, 4.69) is 76.4 Å². The first kappa shape index (κ1) is 16.2. The molecule has 0 aromatic heterocycles. The summed E-state index contributed by atoms with van der Waals surface area (Å²) < 4.78 is 0. The highest BCUT2D eigenvalue weighted by Crippen LogP contribution is 2.41. The number of allylic oxidation sites excluding steroid dienone is 4. The first-order valence-electron chi connectivity index (χ1n) is 8.22. The second-order valence-electron chi connectivity index (χ2n) is 6.54. The van der Waals surface area contributed by atoms with Gasteiger partial charge in [0.05, 0.1) is 5.71 Å². The van der Waals surface area contributed by atoms with Crippen molar-refractivity contribution >= 4 is 16.9 Å². The Hall–Kier alpha value is -2.67. The highest BCUT2D eigenvalue weighted by Gasteiger charge is 2.25. The number of nitrogens with zero attached hydrogens (tertiary/aromatic N) is 1. The fraction of sp³-hybridized carbons (Fsp3) is 0.174. The molecule has 0 fully saturated rings. The third-order valence-electron chi connectivity index (χ3n) is 4.49. The quantitative estimate of drug-likeness (QED) is 0.632. The lowest BCUT2D eigenvalue weighted by atomic mass is 9.78. The molecule has 24 heavy (non-hydrogen) atoms. The summed E-state index contributed by atoms with van der Waals surface area (Å²) in [5, 5.41) is 0. The second-order valence-corrected chi connectivity index (χ2v) is 6.54. The minimum Gasteiger partial charge on any atom is -0.253 e. The maximum Gasteiger partial charge on any atom is 0.0746 e. The fourth-order valence-electron chi connectivity index (χ4n) is 3.43. The zero-order chi connectivity index (χ0) is 17.4. The summed E-state index contributed by atoms with van der Waals surface area (Å²) in [6.45, 7) is 16.7. The van der Waals surface area contributed by atoms with Crippen LogP contribution in [0.5, 0.6) is 0 Å². The Morgan fingerprint density at radius 1 is 0.917 bits per heavy atom. The Bertz CT molecular complexity index is 923. The molecule has 0 unspecified atom stereocenters. The van der Waals surface area contributed by atoms with Gasteiger partial charge < -0.3 is 0 Å². The predicted octanol–water partition coefficient (Wildman–Crippen LogP) is 6.13. The lowest BCUT2D eigenvalue weighted by molar-refractivity contribution is 1.30. The molecule has 0 radical (unpaired) electrons. The molecule has 2 aromatic carbocycles. The van der Waals surface area contributed by atoms with Crippen LogP contribution in [0.3, 0.4) is 0 Å². The number of rotatable bonds is 2. The monoisotopic (exact) mass is 313 g/mol. The Balaban J connectivity index is 2.33. The van der Waals surface area contributed by atoms with Gasteiger partial charge in [-0.05, 0) is 61.1 Å². The van der Waals surface area contributed by atoms with Crippen LogP contribution in [0.4, 0.5) is 0 Å². The molecule has 0 amide bonds. The summed E-state index contributed by atoms with van der Waals surface area (Å²) in [5.74, 6) is 0. The number of benzene rings is 2. The molecule has 0 bridgehead atoms. The minimum absolute atomic E-state index is 0.812. The van der Waals surface area contributed by atoms with Crippen molar-refractivity contribution < 1.29 is 0 Å². The van der Waals surface area contributed by atoms with Gasteiger partial charge in [0.1, 0.15) is 0 Å². The molecule has 3 rings (SSSR count). The van der Waals surface area contributed by atoms with Gasteiger partial charge in [-0.25, -0.2) is 0 Å². The van der Waals surface area contributed by atoms with E-state index in [4.69, 9.17) is 4.99 Å². The topological polar surface area (TPSA) is 12.4 Å². The van der Waals surface area contributed by atoms with E-state index >= 15 is 0 Å². The van der Waals surface area contributed by atoms with E-state index in [1.807, 2.05) is 6.92 Å². The molecule has 120 valence electrons. The molecule has 0 spiro atoms. The van der Waals surface area contributed by atoms with Gasteiger partial charge in [-0.15, -0.1) is 0 Å². The summed E-state index contributed by atoms with van der Waals surface area (Å²) in [6, 6.07) is 14.9. The van der Waals surface area contributed by atoms with Crippen molar-refractivity contribution in [3.63, 3.8) is 0 Å². The van der Waals surface area contributed by atoms with Gasteiger partial charge >= 0.3 is 0 Å². The van der Waals surface area contributed by atoms with E-state index < -0.39 is 0 Å². The summed E-state index contributed by atoms with van der Waals surface area (Å²) >= 11 is 0. The standard InChI is InChI=1S/C23H23N/c1-14(2)24-23-18(6)22(19-12-11-15(3)13-16(19)4)17(5)20-9-7-8-10-21(20)23/h7-13H,1,5H2,2-4,6H3/b24-23+. The van der Waals surface area contributed by atoms with E-state index in [1.165, 1.54) is 22.3 Å². The number of aliphatic imine (C=N–C) groups is 1. The van der Waals surface area contributed by atoms with Gasteiger partial charge in [0, 0.05) is 11.3 Å². The molecule has 0 aliphatic heterocycles. The van der Waals surface area contributed by atoms with E-state index in [9.17, 15) is 0 Å². The van der Waals surface area contributed by atoms with Gasteiger partial charge in [-0.1, -0.05) is 61.2 Å². The summed E-state index contributed by atoms with van der Waals surface area (Å²) in [7, 11) is 0. The maximum absolute atomic E-state index is 4.74. The third kappa shape index (κ3) is 2.67. The van der Waals surface area contributed by atoms with Crippen LogP contribution in [-0.4, -0.2) is 5.71 Å². The van der Waals surface area contributed by atoms with Gasteiger partial charge in [-0.2, -0.15) is 0 Å². The minimum atomic E-state index is 0.812. The maximum atomic E-state index is 4.74. The lowest BCUT2D eigenvalue weighted by Crippen LogP contribution is -2.15. The van der Waals surface area contributed by atoms with Crippen LogP contribution in [0, 0.1) is 13.8 Å². The average molecular weight is 313 g/mol. The Kier molecular flexibility index (Phi) is 4.11. The van der Waals surface area contributed by atoms with E-state index in [0.717, 1.165) is 33.7 Å². The predicted molar refractivity (Wildman–Crippen MR) is 105 cm³/mol. The first-order chi connectivity index (χ1) is 11.4. The van der Waals surface area contributed by atoms with Crippen molar-refractivity contribution in [2.45, 2.75) is 27.7 Å². The average Bonchev–Trinajstić information content (AvgIpc) is 2.53. The van der Waals surface area contributed by atoms with Crippen LogP contribution in [0.25, 0.3) is 11.1 Å². The first-order valence-corrected chi connectivity index (χ1v) is 8.22. The summed E-state index contributed by atoms with van der Waals surface area (Å²) in [4.78, 5) is 4.74. The van der Waals surface area contributed by atoms with Crippen LogP contribution in [0.2, 0.25) is 0 Å². The van der Waals surface area contributed by atoms with Crippen molar-refractivity contribution in [1.29, 1.82) is 0 Å². The molecule has 1 aliphatic rings. The number of hydrogen-bond acceptors (Lipinski definition) is 1. The normalized spacial score (nSPS) is 15.7. The Morgan fingerprint density at radius 3 is 2.21 bits per heavy atom. The smallest absolute Gasteiger partial charge is 0.0746 e. The molecule has 0 saturated heterocycles. The van der Waals surface area contributed by atoms with E-state index in [-0.39, 0.29) is 0 Å². The second kappa shape index (κ2) is 6.09. The van der Waals surface area contributed by atoms with Crippen LogP contribution < -0.4 is 0 Å². The largest absolute Gasteiger partial charge is 0.253 e. The molecule has 0 atom stereocenters.